The van der Waals surface area contributed by atoms with Gasteiger partial charge in [0.2, 0.25) is 11.8 Å². The van der Waals surface area contributed by atoms with Gasteiger partial charge in [-0.1, -0.05) is 83.9 Å². The van der Waals surface area contributed by atoms with Gasteiger partial charge in [-0.05, 0) is 48.2 Å². The SMILES string of the molecule is CCNC(=O)C(Cc1ccccc1)N(Cc1ccccc1C)C(=O)CSCc1ccc(Cl)c(Cl)c1. The zero-order valence-corrected chi connectivity index (χ0v) is 22.3. The van der Waals surface area contributed by atoms with Crippen LogP contribution >= 0.6 is 35.0 Å². The molecule has 0 aliphatic carbocycles. The van der Waals surface area contributed by atoms with Crippen LogP contribution in [0.2, 0.25) is 10.0 Å². The molecular formula is C28H30Cl2N2O2S. The van der Waals surface area contributed by atoms with Crippen molar-refractivity contribution < 1.29 is 9.59 Å². The number of aryl methyl sites for hydroxylation is 1. The lowest BCUT2D eigenvalue weighted by atomic mass is 10.0. The molecule has 0 aromatic heterocycles. The quantitative estimate of drug-likeness (QED) is 0.317. The van der Waals surface area contributed by atoms with Gasteiger partial charge in [0.05, 0.1) is 15.8 Å². The average molecular weight is 530 g/mol. The number of hydrogen-bond acceptors (Lipinski definition) is 3. The van der Waals surface area contributed by atoms with E-state index in [0.717, 1.165) is 22.3 Å². The molecule has 0 aliphatic rings. The Morgan fingerprint density at radius 2 is 1.66 bits per heavy atom. The summed E-state index contributed by atoms with van der Waals surface area (Å²) in [6, 6.07) is 22.7. The highest BCUT2D eigenvalue weighted by Crippen LogP contribution is 2.25. The standard InChI is InChI=1S/C28H30Cl2N2O2S/c1-3-31-28(34)26(16-21-10-5-4-6-11-21)32(17-23-12-8-7-9-20(23)2)27(33)19-35-18-22-13-14-24(29)25(30)15-22/h4-15,26H,3,16-19H2,1-2H3,(H,31,34). The summed E-state index contributed by atoms with van der Waals surface area (Å²) in [6.07, 6.45) is 0.446. The minimum atomic E-state index is -0.616. The molecule has 3 aromatic rings. The second kappa shape index (κ2) is 13.6. The van der Waals surface area contributed by atoms with Crippen LogP contribution < -0.4 is 5.32 Å². The van der Waals surface area contributed by atoms with Gasteiger partial charge in [-0.15, -0.1) is 11.8 Å². The van der Waals surface area contributed by atoms with E-state index in [1.54, 1.807) is 11.0 Å². The molecule has 0 bridgehead atoms. The Bertz CT molecular complexity index is 1140. The number of halogens is 2. The predicted molar refractivity (Wildman–Crippen MR) is 147 cm³/mol. The first-order chi connectivity index (χ1) is 16.9. The van der Waals surface area contributed by atoms with Gasteiger partial charge in [-0.3, -0.25) is 9.59 Å². The fourth-order valence-corrected chi connectivity index (χ4v) is 4.96. The Balaban J connectivity index is 1.83. The summed E-state index contributed by atoms with van der Waals surface area (Å²) in [4.78, 5) is 28.5. The molecule has 184 valence electrons. The molecule has 1 N–H and O–H groups in total. The largest absolute Gasteiger partial charge is 0.355 e. The Hall–Kier alpha value is -2.47. The topological polar surface area (TPSA) is 49.4 Å². The van der Waals surface area contributed by atoms with Crippen LogP contribution in [0.25, 0.3) is 0 Å². The van der Waals surface area contributed by atoms with Gasteiger partial charge in [0.15, 0.2) is 0 Å². The molecule has 35 heavy (non-hydrogen) atoms. The number of hydrogen-bond donors (Lipinski definition) is 1. The fourth-order valence-electron chi connectivity index (χ4n) is 3.79. The molecule has 2 amide bonds. The molecule has 1 unspecified atom stereocenters. The molecule has 3 aromatic carbocycles. The molecule has 0 spiro atoms. The highest BCUT2D eigenvalue weighted by Gasteiger charge is 2.30. The molecule has 0 aliphatic heterocycles. The van der Waals surface area contributed by atoms with Crippen molar-refractivity contribution in [1.29, 1.82) is 0 Å². The summed E-state index contributed by atoms with van der Waals surface area (Å²) in [7, 11) is 0. The van der Waals surface area contributed by atoms with Crippen LogP contribution in [-0.2, 0) is 28.3 Å². The minimum Gasteiger partial charge on any atom is -0.355 e. The zero-order chi connectivity index (χ0) is 25.2. The van der Waals surface area contributed by atoms with E-state index in [4.69, 9.17) is 23.2 Å². The lowest BCUT2D eigenvalue weighted by Gasteiger charge is -2.32. The van der Waals surface area contributed by atoms with Crippen LogP contribution in [0.5, 0.6) is 0 Å². The highest BCUT2D eigenvalue weighted by atomic mass is 35.5. The van der Waals surface area contributed by atoms with Crippen molar-refractivity contribution >= 4 is 46.8 Å². The van der Waals surface area contributed by atoms with E-state index >= 15 is 0 Å². The number of amides is 2. The van der Waals surface area contributed by atoms with Crippen LogP contribution in [0, 0.1) is 6.92 Å². The number of carbonyl (C=O) groups excluding carboxylic acids is 2. The zero-order valence-electron chi connectivity index (χ0n) is 20.0. The van der Waals surface area contributed by atoms with E-state index in [0.29, 0.717) is 35.3 Å². The van der Waals surface area contributed by atoms with Crippen molar-refractivity contribution in [3.63, 3.8) is 0 Å². The Morgan fingerprint density at radius 1 is 0.943 bits per heavy atom. The summed E-state index contributed by atoms with van der Waals surface area (Å²) in [5, 5.41) is 3.93. The lowest BCUT2D eigenvalue weighted by Crippen LogP contribution is -2.51. The molecular weight excluding hydrogens is 499 g/mol. The number of nitrogens with one attached hydrogen (secondary N) is 1. The first-order valence-electron chi connectivity index (χ1n) is 11.6. The van der Waals surface area contributed by atoms with Crippen molar-refractivity contribution in [1.82, 2.24) is 10.2 Å². The van der Waals surface area contributed by atoms with Crippen LogP contribution in [0.1, 0.15) is 29.2 Å². The van der Waals surface area contributed by atoms with Crippen molar-refractivity contribution in [2.45, 2.75) is 38.6 Å². The first kappa shape index (κ1) is 27.1. The maximum Gasteiger partial charge on any atom is 0.243 e. The molecule has 0 fully saturated rings. The summed E-state index contributed by atoms with van der Waals surface area (Å²) in [6.45, 7) is 4.78. The van der Waals surface area contributed by atoms with Crippen molar-refractivity contribution in [3.8, 4) is 0 Å². The second-order valence-electron chi connectivity index (χ2n) is 8.29. The maximum absolute atomic E-state index is 13.6. The van der Waals surface area contributed by atoms with Crippen molar-refractivity contribution in [2.24, 2.45) is 0 Å². The molecule has 0 heterocycles. The fraction of sp³-hybridized carbons (Fsp3) is 0.286. The van der Waals surface area contributed by atoms with E-state index in [1.807, 2.05) is 80.6 Å². The molecule has 0 saturated carbocycles. The number of nitrogens with zero attached hydrogens (tertiary/aromatic N) is 1. The molecule has 7 heteroatoms. The molecule has 1 atom stereocenters. The number of carbonyl (C=O) groups is 2. The molecule has 0 radical (unpaired) electrons. The van der Waals surface area contributed by atoms with Crippen molar-refractivity contribution in [3.05, 3.63) is 105 Å². The predicted octanol–water partition coefficient (Wildman–Crippen LogP) is 6.31. The summed E-state index contributed by atoms with van der Waals surface area (Å²) in [5.41, 5.74) is 4.11. The van der Waals surface area contributed by atoms with Crippen LogP contribution in [0.3, 0.4) is 0 Å². The molecule has 0 saturated heterocycles. The number of thioether (sulfide) groups is 1. The summed E-state index contributed by atoms with van der Waals surface area (Å²) >= 11 is 13.6. The lowest BCUT2D eigenvalue weighted by molar-refractivity contribution is -0.139. The second-order valence-corrected chi connectivity index (χ2v) is 10.1. The minimum absolute atomic E-state index is 0.0782. The van der Waals surface area contributed by atoms with E-state index in [1.165, 1.54) is 11.8 Å². The van der Waals surface area contributed by atoms with Crippen LogP contribution in [0.4, 0.5) is 0 Å². The maximum atomic E-state index is 13.6. The third-order valence-electron chi connectivity index (χ3n) is 5.70. The van der Waals surface area contributed by atoms with Gasteiger partial charge in [0.25, 0.3) is 0 Å². The van der Waals surface area contributed by atoms with E-state index in [2.05, 4.69) is 5.32 Å². The third-order valence-corrected chi connectivity index (χ3v) is 7.43. The van der Waals surface area contributed by atoms with Gasteiger partial charge in [0.1, 0.15) is 6.04 Å². The average Bonchev–Trinajstić information content (AvgIpc) is 2.85. The van der Waals surface area contributed by atoms with Gasteiger partial charge in [0, 0.05) is 25.3 Å². The van der Waals surface area contributed by atoms with E-state index < -0.39 is 6.04 Å². The Kier molecular flexibility index (Phi) is 10.5. The Labute approximate surface area is 222 Å². The van der Waals surface area contributed by atoms with Crippen LogP contribution in [0.15, 0.2) is 72.8 Å². The van der Waals surface area contributed by atoms with Crippen LogP contribution in [-0.4, -0.2) is 35.1 Å². The van der Waals surface area contributed by atoms with Gasteiger partial charge in [-0.25, -0.2) is 0 Å². The monoisotopic (exact) mass is 528 g/mol. The molecule has 3 rings (SSSR count). The number of likely N-dealkylation sites (N-methyl/N-ethyl adjacent to an activating group) is 1. The van der Waals surface area contributed by atoms with Crippen molar-refractivity contribution in [2.75, 3.05) is 12.3 Å². The summed E-state index contributed by atoms with van der Waals surface area (Å²) < 4.78 is 0. The third kappa shape index (κ3) is 8.03. The van der Waals surface area contributed by atoms with Gasteiger partial charge < -0.3 is 10.2 Å². The van der Waals surface area contributed by atoms with E-state index in [9.17, 15) is 9.59 Å². The first-order valence-corrected chi connectivity index (χ1v) is 13.5. The number of rotatable bonds is 11. The molecule has 4 nitrogen and oxygen atoms in total. The van der Waals surface area contributed by atoms with E-state index in [-0.39, 0.29) is 17.6 Å². The summed E-state index contributed by atoms with van der Waals surface area (Å²) in [5.74, 6) is 0.639. The van der Waals surface area contributed by atoms with Gasteiger partial charge >= 0.3 is 0 Å². The normalized spacial score (nSPS) is 11.7. The number of benzene rings is 3. The van der Waals surface area contributed by atoms with Gasteiger partial charge in [-0.2, -0.15) is 0 Å². The highest BCUT2D eigenvalue weighted by molar-refractivity contribution is 7.99. The Morgan fingerprint density at radius 3 is 2.34 bits per heavy atom. The smallest absolute Gasteiger partial charge is 0.243 e.